The van der Waals surface area contributed by atoms with Crippen LogP contribution in [0.25, 0.3) is 0 Å². The lowest BCUT2D eigenvalue weighted by Gasteiger charge is -2.31. The fraction of sp³-hybridized carbons (Fsp3) is 0.923. The molecule has 0 amide bonds. The van der Waals surface area contributed by atoms with E-state index in [1.165, 1.54) is 0 Å². The molecular weight excluding hydrogens is 216 g/mol. The highest BCUT2D eigenvalue weighted by atomic mass is 16.5. The first-order chi connectivity index (χ1) is 8.14. The van der Waals surface area contributed by atoms with Gasteiger partial charge in [-0.25, -0.2) is 0 Å². The monoisotopic (exact) mass is 242 g/mol. The SMILES string of the molecule is CCCNC1(C(=O)OCC)CCCN(C)CC1. The van der Waals surface area contributed by atoms with E-state index in [1.54, 1.807) is 0 Å². The molecule has 17 heavy (non-hydrogen) atoms. The summed E-state index contributed by atoms with van der Waals surface area (Å²) in [6.45, 7) is 7.35. The molecule has 100 valence electrons. The Hall–Kier alpha value is -0.610. The Balaban J connectivity index is 2.72. The molecule has 4 nitrogen and oxygen atoms in total. The minimum atomic E-state index is -0.448. The van der Waals surface area contributed by atoms with Crippen molar-refractivity contribution in [2.45, 2.75) is 45.1 Å². The average molecular weight is 242 g/mol. The van der Waals surface area contributed by atoms with Gasteiger partial charge in [0.15, 0.2) is 0 Å². The molecule has 1 N–H and O–H groups in total. The number of hydrogen-bond acceptors (Lipinski definition) is 4. The molecule has 1 aliphatic heterocycles. The maximum absolute atomic E-state index is 12.2. The number of rotatable bonds is 5. The van der Waals surface area contributed by atoms with E-state index in [0.29, 0.717) is 6.61 Å². The molecule has 0 saturated carbocycles. The molecule has 0 bridgehead atoms. The molecule has 0 aromatic rings. The smallest absolute Gasteiger partial charge is 0.326 e. The van der Waals surface area contributed by atoms with Crippen molar-refractivity contribution in [3.05, 3.63) is 0 Å². The molecule has 0 aliphatic carbocycles. The van der Waals surface area contributed by atoms with Gasteiger partial charge in [-0.15, -0.1) is 0 Å². The summed E-state index contributed by atoms with van der Waals surface area (Å²) in [5.41, 5.74) is -0.448. The van der Waals surface area contributed by atoms with Crippen LogP contribution in [0.1, 0.15) is 39.5 Å². The van der Waals surface area contributed by atoms with Crippen LogP contribution in [0.5, 0.6) is 0 Å². The van der Waals surface area contributed by atoms with Crippen LogP contribution >= 0.6 is 0 Å². The third-order valence-electron chi connectivity index (χ3n) is 3.44. The van der Waals surface area contributed by atoms with Crippen molar-refractivity contribution in [2.24, 2.45) is 0 Å². The second-order valence-corrected chi connectivity index (χ2v) is 4.89. The van der Waals surface area contributed by atoms with Gasteiger partial charge < -0.3 is 15.0 Å². The maximum Gasteiger partial charge on any atom is 0.326 e. The highest BCUT2D eigenvalue weighted by Gasteiger charge is 2.39. The predicted molar refractivity (Wildman–Crippen MR) is 69.0 cm³/mol. The van der Waals surface area contributed by atoms with Crippen LogP contribution in [-0.4, -0.2) is 49.7 Å². The van der Waals surface area contributed by atoms with Crippen LogP contribution in [-0.2, 0) is 9.53 Å². The van der Waals surface area contributed by atoms with Crippen molar-refractivity contribution in [1.29, 1.82) is 0 Å². The van der Waals surface area contributed by atoms with E-state index in [1.807, 2.05) is 6.92 Å². The second kappa shape index (κ2) is 6.97. The van der Waals surface area contributed by atoms with Gasteiger partial charge in [0.1, 0.15) is 5.54 Å². The zero-order chi connectivity index (χ0) is 12.7. The number of esters is 1. The van der Waals surface area contributed by atoms with E-state index in [2.05, 4.69) is 24.2 Å². The minimum Gasteiger partial charge on any atom is -0.465 e. The fourth-order valence-corrected chi connectivity index (χ4v) is 2.36. The molecule has 1 unspecified atom stereocenters. The standard InChI is InChI=1S/C13H26N2O2/c1-4-9-14-13(12(16)17-5-2)7-6-10-15(3)11-8-13/h14H,4-11H2,1-3H3. The van der Waals surface area contributed by atoms with E-state index < -0.39 is 5.54 Å². The lowest BCUT2D eigenvalue weighted by molar-refractivity contribution is -0.151. The Morgan fingerprint density at radius 2 is 2.12 bits per heavy atom. The normalized spacial score (nSPS) is 26.5. The Bertz CT molecular complexity index is 242. The molecule has 1 atom stereocenters. The van der Waals surface area contributed by atoms with Crippen LogP contribution < -0.4 is 5.32 Å². The number of nitrogens with zero attached hydrogens (tertiary/aromatic N) is 1. The van der Waals surface area contributed by atoms with Gasteiger partial charge in [-0.2, -0.15) is 0 Å². The van der Waals surface area contributed by atoms with Gasteiger partial charge in [-0.05, 0) is 52.7 Å². The first-order valence-electron chi connectivity index (χ1n) is 6.75. The van der Waals surface area contributed by atoms with Crippen LogP contribution in [0, 0.1) is 0 Å². The van der Waals surface area contributed by atoms with Crippen molar-refractivity contribution in [1.82, 2.24) is 10.2 Å². The Morgan fingerprint density at radius 3 is 2.76 bits per heavy atom. The summed E-state index contributed by atoms with van der Waals surface area (Å²) in [5.74, 6) is -0.0660. The summed E-state index contributed by atoms with van der Waals surface area (Å²) < 4.78 is 5.25. The van der Waals surface area contributed by atoms with Gasteiger partial charge in [0.25, 0.3) is 0 Å². The zero-order valence-corrected chi connectivity index (χ0v) is 11.4. The van der Waals surface area contributed by atoms with Crippen LogP contribution in [0.2, 0.25) is 0 Å². The first kappa shape index (κ1) is 14.5. The predicted octanol–water partition coefficient (Wildman–Crippen LogP) is 1.40. The molecule has 1 heterocycles. The Kier molecular flexibility index (Phi) is 5.92. The van der Waals surface area contributed by atoms with Crippen molar-refractivity contribution in [3.8, 4) is 0 Å². The highest BCUT2D eigenvalue weighted by molar-refractivity contribution is 5.81. The lowest BCUT2D eigenvalue weighted by atomic mass is 9.90. The first-order valence-corrected chi connectivity index (χ1v) is 6.75. The van der Waals surface area contributed by atoms with Crippen molar-refractivity contribution >= 4 is 5.97 Å². The molecule has 1 saturated heterocycles. The summed E-state index contributed by atoms with van der Waals surface area (Å²) in [6, 6.07) is 0. The van der Waals surface area contributed by atoms with Gasteiger partial charge >= 0.3 is 5.97 Å². The second-order valence-electron chi connectivity index (χ2n) is 4.89. The van der Waals surface area contributed by atoms with Gasteiger partial charge in [-0.1, -0.05) is 6.92 Å². The largest absolute Gasteiger partial charge is 0.465 e. The van der Waals surface area contributed by atoms with Crippen LogP contribution in [0.3, 0.4) is 0 Å². The summed E-state index contributed by atoms with van der Waals surface area (Å²) in [7, 11) is 2.11. The maximum atomic E-state index is 12.2. The molecule has 4 heteroatoms. The number of nitrogens with one attached hydrogen (secondary N) is 1. The van der Waals surface area contributed by atoms with Crippen molar-refractivity contribution in [2.75, 3.05) is 33.3 Å². The van der Waals surface area contributed by atoms with Gasteiger partial charge in [-0.3, -0.25) is 4.79 Å². The van der Waals surface area contributed by atoms with Crippen LogP contribution in [0.4, 0.5) is 0 Å². The molecule has 1 fully saturated rings. The molecule has 0 radical (unpaired) electrons. The summed E-state index contributed by atoms with van der Waals surface area (Å²) in [4.78, 5) is 14.5. The van der Waals surface area contributed by atoms with Gasteiger partial charge in [0.05, 0.1) is 6.61 Å². The van der Waals surface area contributed by atoms with E-state index in [4.69, 9.17) is 4.74 Å². The molecule has 0 aromatic carbocycles. The molecular formula is C13H26N2O2. The molecule has 1 aliphatic rings. The summed E-state index contributed by atoms with van der Waals surface area (Å²) in [6.07, 6.45) is 3.82. The molecule has 0 aromatic heterocycles. The third kappa shape index (κ3) is 3.96. The number of carbonyl (C=O) groups is 1. The highest BCUT2D eigenvalue weighted by Crippen LogP contribution is 2.23. The summed E-state index contributed by atoms with van der Waals surface area (Å²) >= 11 is 0. The quantitative estimate of drug-likeness (QED) is 0.740. The van der Waals surface area contributed by atoms with E-state index in [-0.39, 0.29) is 5.97 Å². The third-order valence-corrected chi connectivity index (χ3v) is 3.44. The minimum absolute atomic E-state index is 0.0660. The van der Waals surface area contributed by atoms with Gasteiger partial charge in [0, 0.05) is 6.54 Å². The topological polar surface area (TPSA) is 41.6 Å². The van der Waals surface area contributed by atoms with Crippen molar-refractivity contribution < 1.29 is 9.53 Å². The zero-order valence-electron chi connectivity index (χ0n) is 11.4. The van der Waals surface area contributed by atoms with E-state index in [0.717, 1.165) is 45.3 Å². The number of ether oxygens (including phenoxy) is 1. The molecule has 1 rings (SSSR count). The lowest BCUT2D eigenvalue weighted by Crippen LogP contribution is -2.53. The van der Waals surface area contributed by atoms with Crippen LogP contribution in [0.15, 0.2) is 0 Å². The Labute approximate surface area is 105 Å². The Morgan fingerprint density at radius 1 is 1.35 bits per heavy atom. The van der Waals surface area contributed by atoms with Crippen molar-refractivity contribution in [3.63, 3.8) is 0 Å². The number of likely N-dealkylation sites (tertiary alicyclic amines) is 1. The molecule has 0 spiro atoms. The number of hydrogen-bond donors (Lipinski definition) is 1. The van der Waals surface area contributed by atoms with E-state index in [9.17, 15) is 4.79 Å². The average Bonchev–Trinajstić information content (AvgIpc) is 2.50. The summed E-state index contributed by atoms with van der Waals surface area (Å²) in [5, 5.41) is 3.43. The van der Waals surface area contributed by atoms with Gasteiger partial charge in [0.2, 0.25) is 0 Å². The van der Waals surface area contributed by atoms with E-state index >= 15 is 0 Å². The number of carbonyl (C=O) groups excluding carboxylic acids is 1. The fourth-order valence-electron chi connectivity index (χ4n) is 2.36.